The Morgan fingerprint density at radius 2 is 1.56 bits per heavy atom. The minimum Gasteiger partial charge on any atom is -0.454 e. The van der Waals surface area contributed by atoms with E-state index in [1.165, 1.54) is 6.42 Å². The Bertz CT molecular complexity index is 848. The number of likely N-dealkylation sites (tertiary alicyclic amines) is 1. The minimum atomic E-state index is 0.0994. The summed E-state index contributed by atoms with van der Waals surface area (Å²) in [6.07, 6.45) is 3.39. The highest BCUT2D eigenvalue weighted by Gasteiger charge is 2.18. The molecule has 140 valence electrons. The van der Waals surface area contributed by atoms with Gasteiger partial charge in [-0.2, -0.15) is 0 Å². The van der Waals surface area contributed by atoms with Crippen molar-refractivity contribution < 1.29 is 14.3 Å². The second kappa shape index (κ2) is 7.84. The number of carbonyl (C=O) groups excluding carboxylic acids is 1. The zero-order valence-electron chi connectivity index (χ0n) is 14.9. The first-order valence-electron chi connectivity index (χ1n) is 9.06. The monoisotopic (exact) mass is 383 g/mol. The molecule has 0 bridgehead atoms. The van der Waals surface area contributed by atoms with E-state index in [1.807, 2.05) is 47.4 Å². The van der Waals surface area contributed by atoms with Gasteiger partial charge in [-0.15, -0.1) is 0 Å². The molecule has 2 aliphatic heterocycles. The van der Waals surface area contributed by atoms with E-state index in [-0.39, 0.29) is 12.7 Å². The molecule has 2 aromatic rings. The van der Waals surface area contributed by atoms with Gasteiger partial charge in [-0.1, -0.05) is 0 Å². The van der Waals surface area contributed by atoms with Gasteiger partial charge in [0, 0.05) is 36.1 Å². The van der Waals surface area contributed by atoms with Crippen LogP contribution in [0.5, 0.6) is 11.5 Å². The molecule has 4 rings (SSSR count). The van der Waals surface area contributed by atoms with Crippen molar-refractivity contribution in [1.82, 2.24) is 4.90 Å². The van der Waals surface area contributed by atoms with Gasteiger partial charge in [0.1, 0.15) is 0 Å². The number of rotatable bonds is 3. The number of fused-ring (bicyclic) bond motifs is 1. The van der Waals surface area contributed by atoms with Crippen molar-refractivity contribution in [2.24, 2.45) is 0 Å². The van der Waals surface area contributed by atoms with Crippen LogP contribution in [0, 0.1) is 0 Å². The molecular formula is C20H21N3O3S. The summed E-state index contributed by atoms with van der Waals surface area (Å²) in [5.74, 6) is 1.53. The number of hydrogen-bond acceptors (Lipinski definition) is 4. The van der Waals surface area contributed by atoms with E-state index in [9.17, 15) is 4.79 Å². The van der Waals surface area contributed by atoms with Crippen LogP contribution in [-0.4, -0.2) is 35.8 Å². The topological polar surface area (TPSA) is 62.8 Å². The van der Waals surface area contributed by atoms with E-state index in [1.54, 1.807) is 0 Å². The van der Waals surface area contributed by atoms with Crippen LogP contribution in [0.2, 0.25) is 0 Å². The third-order valence-corrected chi connectivity index (χ3v) is 4.87. The largest absolute Gasteiger partial charge is 0.454 e. The lowest BCUT2D eigenvalue weighted by Gasteiger charge is -2.26. The number of nitrogens with zero attached hydrogens (tertiary/aromatic N) is 1. The van der Waals surface area contributed by atoms with E-state index in [4.69, 9.17) is 21.7 Å². The Morgan fingerprint density at radius 3 is 2.33 bits per heavy atom. The van der Waals surface area contributed by atoms with Crippen LogP contribution in [0.15, 0.2) is 42.5 Å². The number of benzene rings is 2. The molecule has 2 N–H and O–H groups in total. The lowest BCUT2D eigenvalue weighted by molar-refractivity contribution is 0.0724. The number of nitrogens with one attached hydrogen (secondary N) is 2. The summed E-state index contributed by atoms with van der Waals surface area (Å²) in [6, 6.07) is 13.0. The zero-order valence-corrected chi connectivity index (χ0v) is 15.7. The smallest absolute Gasteiger partial charge is 0.253 e. The average molecular weight is 383 g/mol. The standard InChI is InChI=1S/C20H21N3O3S/c24-19(23-10-2-1-3-11-23)14-4-6-15(7-5-14)21-20(27)22-16-8-9-17-18(12-16)26-13-25-17/h4-9,12H,1-3,10-11,13H2,(H2,21,22,27). The van der Waals surface area contributed by atoms with Crippen molar-refractivity contribution in [2.75, 3.05) is 30.5 Å². The molecule has 0 spiro atoms. The van der Waals surface area contributed by atoms with E-state index in [0.717, 1.165) is 43.1 Å². The Kier molecular flexibility index (Phi) is 5.11. The maximum Gasteiger partial charge on any atom is 0.253 e. The summed E-state index contributed by atoms with van der Waals surface area (Å²) >= 11 is 5.36. The molecule has 0 radical (unpaired) electrons. The number of carbonyl (C=O) groups is 1. The summed E-state index contributed by atoms with van der Waals surface area (Å²) in [5.41, 5.74) is 2.34. The fourth-order valence-electron chi connectivity index (χ4n) is 3.24. The third-order valence-electron chi connectivity index (χ3n) is 4.66. The molecule has 0 unspecified atom stereocenters. The predicted molar refractivity (Wildman–Crippen MR) is 109 cm³/mol. The first kappa shape index (κ1) is 17.6. The maximum absolute atomic E-state index is 12.5. The molecule has 0 aromatic heterocycles. The first-order valence-corrected chi connectivity index (χ1v) is 9.47. The molecule has 2 aromatic carbocycles. The Labute approximate surface area is 163 Å². The fraction of sp³-hybridized carbons (Fsp3) is 0.300. The van der Waals surface area contributed by atoms with Crippen molar-refractivity contribution >= 4 is 34.6 Å². The molecular weight excluding hydrogens is 362 g/mol. The minimum absolute atomic E-state index is 0.0994. The van der Waals surface area contributed by atoms with Crippen molar-refractivity contribution in [2.45, 2.75) is 19.3 Å². The summed E-state index contributed by atoms with van der Waals surface area (Å²) < 4.78 is 10.7. The molecule has 27 heavy (non-hydrogen) atoms. The van der Waals surface area contributed by atoms with Crippen molar-refractivity contribution in [3.05, 3.63) is 48.0 Å². The van der Waals surface area contributed by atoms with Gasteiger partial charge < -0.3 is 25.0 Å². The van der Waals surface area contributed by atoms with Crippen LogP contribution < -0.4 is 20.1 Å². The molecule has 6 nitrogen and oxygen atoms in total. The fourth-order valence-corrected chi connectivity index (χ4v) is 3.48. The summed E-state index contributed by atoms with van der Waals surface area (Å²) in [6.45, 7) is 1.94. The van der Waals surface area contributed by atoms with E-state index >= 15 is 0 Å². The molecule has 2 aliphatic rings. The molecule has 0 aliphatic carbocycles. The van der Waals surface area contributed by atoms with Gasteiger partial charge >= 0.3 is 0 Å². The van der Waals surface area contributed by atoms with Crippen LogP contribution in [0.4, 0.5) is 11.4 Å². The van der Waals surface area contributed by atoms with Gasteiger partial charge in [0.2, 0.25) is 6.79 Å². The highest BCUT2D eigenvalue weighted by molar-refractivity contribution is 7.80. The second-order valence-corrected chi connectivity index (χ2v) is 6.99. The van der Waals surface area contributed by atoms with Crippen molar-refractivity contribution in [1.29, 1.82) is 0 Å². The van der Waals surface area contributed by atoms with Crippen LogP contribution in [0.1, 0.15) is 29.6 Å². The number of anilines is 2. The molecule has 1 amide bonds. The van der Waals surface area contributed by atoms with Crippen LogP contribution in [0.25, 0.3) is 0 Å². The van der Waals surface area contributed by atoms with Crippen LogP contribution in [-0.2, 0) is 0 Å². The third kappa shape index (κ3) is 4.14. The average Bonchev–Trinajstić information content (AvgIpc) is 3.16. The quantitative estimate of drug-likeness (QED) is 0.785. The number of amides is 1. The molecule has 1 fully saturated rings. The first-order chi connectivity index (χ1) is 13.2. The van der Waals surface area contributed by atoms with Gasteiger partial charge in [0.05, 0.1) is 0 Å². The Balaban J connectivity index is 1.35. The predicted octanol–water partition coefficient (Wildman–Crippen LogP) is 3.85. The van der Waals surface area contributed by atoms with Crippen molar-refractivity contribution in [3.8, 4) is 11.5 Å². The van der Waals surface area contributed by atoms with E-state index in [2.05, 4.69) is 10.6 Å². The van der Waals surface area contributed by atoms with Gasteiger partial charge in [0.15, 0.2) is 16.6 Å². The Hall–Kier alpha value is -2.80. The lowest BCUT2D eigenvalue weighted by atomic mass is 10.1. The molecule has 1 saturated heterocycles. The number of thiocarbonyl (C=S) groups is 1. The van der Waals surface area contributed by atoms with Gasteiger partial charge in [-0.25, -0.2) is 0 Å². The van der Waals surface area contributed by atoms with Gasteiger partial charge in [-0.05, 0) is 67.9 Å². The molecule has 2 heterocycles. The SMILES string of the molecule is O=C(c1ccc(NC(=S)Nc2ccc3c(c2)OCO3)cc1)N1CCCCC1. The van der Waals surface area contributed by atoms with E-state index in [0.29, 0.717) is 16.4 Å². The highest BCUT2D eigenvalue weighted by atomic mass is 32.1. The summed E-state index contributed by atoms with van der Waals surface area (Å²) in [7, 11) is 0. The van der Waals surface area contributed by atoms with E-state index < -0.39 is 0 Å². The van der Waals surface area contributed by atoms with Gasteiger partial charge in [0.25, 0.3) is 5.91 Å². The summed E-state index contributed by atoms with van der Waals surface area (Å²) in [5, 5.41) is 6.71. The number of piperidine rings is 1. The molecule has 0 saturated carbocycles. The second-order valence-electron chi connectivity index (χ2n) is 6.58. The normalized spacial score (nSPS) is 15.3. The van der Waals surface area contributed by atoms with Crippen LogP contribution in [0.3, 0.4) is 0 Å². The number of ether oxygens (including phenoxy) is 2. The zero-order chi connectivity index (χ0) is 18.6. The lowest BCUT2D eigenvalue weighted by Crippen LogP contribution is -2.35. The molecule has 0 atom stereocenters. The highest BCUT2D eigenvalue weighted by Crippen LogP contribution is 2.34. The molecule has 7 heteroatoms. The van der Waals surface area contributed by atoms with Crippen molar-refractivity contribution in [3.63, 3.8) is 0 Å². The Morgan fingerprint density at radius 1 is 0.889 bits per heavy atom. The number of hydrogen-bond donors (Lipinski definition) is 2. The van der Waals surface area contributed by atoms with Crippen LogP contribution >= 0.6 is 12.2 Å². The summed E-state index contributed by atoms with van der Waals surface area (Å²) in [4.78, 5) is 14.4. The van der Waals surface area contributed by atoms with Gasteiger partial charge in [-0.3, -0.25) is 4.79 Å². The maximum atomic E-state index is 12.5.